The number of nitrogens with zero attached hydrogens (tertiary/aromatic N) is 4. The average Bonchev–Trinajstić information content (AvgIpc) is 3.19. The Bertz CT molecular complexity index is 708. The molecule has 1 aliphatic heterocycles. The van der Waals surface area contributed by atoms with Crippen LogP contribution in [0.1, 0.15) is 44.7 Å². The van der Waals surface area contributed by atoms with Crippen molar-refractivity contribution in [2.24, 2.45) is 0 Å². The minimum atomic E-state index is -0.828. The molecule has 0 spiro atoms. The van der Waals surface area contributed by atoms with Gasteiger partial charge in [-0.25, -0.2) is 14.1 Å². The molecule has 2 heterocycles. The Hall–Kier alpha value is -2.28. The zero-order chi connectivity index (χ0) is 18.6. The van der Waals surface area contributed by atoms with Crippen molar-refractivity contribution in [2.45, 2.75) is 44.7 Å². The zero-order valence-electron chi connectivity index (χ0n) is 15.4. The summed E-state index contributed by atoms with van der Waals surface area (Å²) in [5, 5.41) is 7.15. The third-order valence-electron chi connectivity index (χ3n) is 5.09. The number of halogens is 1. The molecule has 1 amide bonds. The number of likely N-dealkylation sites (tertiary alicyclic amines) is 1. The Morgan fingerprint density at radius 2 is 1.92 bits per heavy atom. The standard InChI is InChI=1S/C19H26FN5O/c1-19(2,25-14-21-13-23-25)18(26)22-12-17(24-10-4-3-5-11-24)15-6-8-16(20)9-7-15/h6-9,13-14,17H,3-5,10-12H2,1-2H3,(H,22,26)/t17-/m0/s1. The first-order chi connectivity index (χ1) is 12.5. The first-order valence-corrected chi connectivity index (χ1v) is 9.11. The number of piperidine rings is 1. The van der Waals surface area contributed by atoms with Crippen molar-refractivity contribution in [1.82, 2.24) is 25.0 Å². The Balaban J connectivity index is 1.73. The van der Waals surface area contributed by atoms with Gasteiger partial charge in [-0.05, 0) is 57.5 Å². The Morgan fingerprint density at radius 3 is 2.54 bits per heavy atom. The lowest BCUT2D eigenvalue weighted by atomic mass is 10.00. The van der Waals surface area contributed by atoms with E-state index in [1.165, 1.54) is 24.9 Å². The van der Waals surface area contributed by atoms with E-state index in [1.807, 2.05) is 26.0 Å². The third kappa shape index (κ3) is 4.09. The summed E-state index contributed by atoms with van der Waals surface area (Å²) in [5.74, 6) is -0.366. The molecule has 0 aliphatic carbocycles. The average molecular weight is 359 g/mol. The summed E-state index contributed by atoms with van der Waals surface area (Å²) in [6.45, 7) is 6.08. The fourth-order valence-corrected chi connectivity index (χ4v) is 3.38. The number of carbonyl (C=O) groups excluding carboxylic acids is 1. The molecule has 0 bridgehead atoms. The molecule has 2 aromatic rings. The molecule has 1 aliphatic rings. The molecule has 0 unspecified atom stereocenters. The quantitative estimate of drug-likeness (QED) is 0.861. The van der Waals surface area contributed by atoms with E-state index >= 15 is 0 Å². The summed E-state index contributed by atoms with van der Waals surface area (Å²) in [4.78, 5) is 19.1. The Kier molecular flexibility index (Phi) is 5.66. The van der Waals surface area contributed by atoms with Crippen molar-refractivity contribution in [3.05, 3.63) is 48.3 Å². The van der Waals surface area contributed by atoms with E-state index in [0.717, 1.165) is 31.5 Å². The van der Waals surface area contributed by atoms with Gasteiger partial charge < -0.3 is 5.32 Å². The van der Waals surface area contributed by atoms with Crippen LogP contribution in [-0.2, 0) is 10.3 Å². The van der Waals surface area contributed by atoms with Gasteiger partial charge in [0.25, 0.3) is 0 Å². The van der Waals surface area contributed by atoms with Crippen LogP contribution >= 0.6 is 0 Å². The fourth-order valence-electron chi connectivity index (χ4n) is 3.38. The minimum Gasteiger partial charge on any atom is -0.352 e. The van der Waals surface area contributed by atoms with Gasteiger partial charge in [0.1, 0.15) is 24.0 Å². The maximum absolute atomic E-state index is 13.3. The second-order valence-electron chi connectivity index (χ2n) is 7.27. The zero-order valence-corrected chi connectivity index (χ0v) is 15.4. The predicted octanol–water partition coefficient (Wildman–Crippen LogP) is 2.50. The van der Waals surface area contributed by atoms with E-state index < -0.39 is 5.54 Å². The molecular formula is C19H26FN5O. The van der Waals surface area contributed by atoms with Gasteiger partial charge in [0, 0.05) is 6.54 Å². The molecule has 1 N–H and O–H groups in total. The smallest absolute Gasteiger partial charge is 0.247 e. The summed E-state index contributed by atoms with van der Waals surface area (Å²) in [6.07, 6.45) is 6.50. The molecule has 6 nitrogen and oxygen atoms in total. The van der Waals surface area contributed by atoms with E-state index in [9.17, 15) is 9.18 Å². The molecule has 1 saturated heterocycles. The van der Waals surface area contributed by atoms with Crippen molar-refractivity contribution in [3.8, 4) is 0 Å². The number of aromatic nitrogens is 3. The van der Waals surface area contributed by atoms with Crippen molar-refractivity contribution in [1.29, 1.82) is 0 Å². The van der Waals surface area contributed by atoms with Crippen molar-refractivity contribution in [2.75, 3.05) is 19.6 Å². The molecule has 0 saturated carbocycles. The van der Waals surface area contributed by atoms with Crippen LogP contribution in [0.15, 0.2) is 36.9 Å². The van der Waals surface area contributed by atoms with Crippen LogP contribution in [0.2, 0.25) is 0 Å². The van der Waals surface area contributed by atoms with Gasteiger partial charge in [-0.3, -0.25) is 9.69 Å². The van der Waals surface area contributed by atoms with Gasteiger partial charge in [0.2, 0.25) is 5.91 Å². The van der Waals surface area contributed by atoms with E-state index in [1.54, 1.807) is 11.0 Å². The number of hydrogen-bond donors (Lipinski definition) is 1. The number of benzene rings is 1. The van der Waals surface area contributed by atoms with Crippen LogP contribution in [0, 0.1) is 5.82 Å². The summed E-state index contributed by atoms with van der Waals surface area (Å²) in [6, 6.07) is 6.61. The fraction of sp³-hybridized carbons (Fsp3) is 0.526. The minimum absolute atomic E-state index is 0.0337. The van der Waals surface area contributed by atoms with Crippen molar-refractivity contribution < 1.29 is 9.18 Å². The van der Waals surface area contributed by atoms with Gasteiger partial charge in [-0.1, -0.05) is 18.6 Å². The SMILES string of the molecule is CC(C)(C(=O)NC[C@@H](c1ccc(F)cc1)N1CCCCC1)n1cncn1. The summed E-state index contributed by atoms with van der Waals surface area (Å²) in [5.41, 5.74) is 0.193. The summed E-state index contributed by atoms with van der Waals surface area (Å²) >= 11 is 0. The molecule has 1 fully saturated rings. The topological polar surface area (TPSA) is 63.1 Å². The third-order valence-corrected chi connectivity index (χ3v) is 5.09. The predicted molar refractivity (Wildman–Crippen MR) is 96.9 cm³/mol. The number of carbonyl (C=O) groups is 1. The molecule has 3 rings (SSSR count). The lowest BCUT2D eigenvalue weighted by Gasteiger charge is -2.35. The van der Waals surface area contributed by atoms with Gasteiger partial charge in [0.05, 0.1) is 6.04 Å². The molecule has 26 heavy (non-hydrogen) atoms. The normalized spacial score (nSPS) is 17.0. The summed E-state index contributed by atoms with van der Waals surface area (Å²) < 4.78 is 14.9. The first kappa shape index (κ1) is 18.5. The van der Waals surface area contributed by atoms with Gasteiger partial charge in [-0.15, -0.1) is 0 Å². The first-order valence-electron chi connectivity index (χ1n) is 9.11. The van der Waals surface area contributed by atoms with Gasteiger partial charge in [0.15, 0.2) is 0 Å². The monoisotopic (exact) mass is 359 g/mol. The van der Waals surface area contributed by atoms with E-state index in [2.05, 4.69) is 20.3 Å². The lowest BCUT2D eigenvalue weighted by molar-refractivity contribution is -0.129. The number of nitrogens with one attached hydrogen (secondary N) is 1. The maximum atomic E-state index is 13.3. The molecule has 1 aromatic carbocycles. The molecule has 1 atom stereocenters. The van der Waals surface area contributed by atoms with Crippen LogP contribution < -0.4 is 5.32 Å². The molecule has 140 valence electrons. The Labute approximate surface area is 153 Å². The summed E-state index contributed by atoms with van der Waals surface area (Å²) in [7, 11) is 0. The van der Waals surface area contributed by atoms with E-state index in [4.69, 9.17) is 0 Å². The van der Waals surface area contributed by atoms with Gasteiger partial charge >= 0.3 is 0 Å². The van der Waals surface area contributed by atoms with Crippen LogP contribution in [0.25, 0.3) is 0 Å². The molecule has 7 heteroatoms. The highest BCUT2D eigenvalue weighted by Gasteiger charge is 2.32. The highest BCUT2D eigenvalue weighted by molar-refractivity contribution is 5.83. The second kappa shape index (κ2) is 7.95. The molecule has 0 radical (unpaired) electrons. The largest absolute Gasteiger partial charge is 0.352 e. The van der Waals surface area contributed by atoms with Crippen LogP contribution in [0.4, 0.5) is 4.39 Å². The van der Waals surface area contributed by atoms with Crippen LogP contribution in [0.3, 0.4) is 0 Å². The molecule has 1 aromatic heterocycles. The van der Waals surface area contributed by atoms with E-state index in [-0.39, 0.29) is 17.8 Å². The second-order valence-corrected chi connectivity index (χ2v) is 7.27. The van der Waals surface area contributed by atoms with Gasteiger partial charge in [-0.2, -0.15) is 5.10 Å². The number of hydrogen-bond acceptors (Lipinski definition) is 4. The van der Waals surface area contributed by atoms with Crippen LogP contribution in [0.5, 0.6) is 0 Å². The number of rotatable bonds is 6. The highest BCUT2D eigenvalue weighted by Crippen LogP contribution is 2.25. The highest BCUT2D eigenvalue weighted by atomic mass is 19.1. The molecular weight excluding hydrogens is 333 g/mol. The maximum Gasteiger partial charge on any atom is 0.247 e. The van der Waals surface area contributed by atoms with Crippen molar-refractivity contribution >= 4 is 5.91 Å². The van der Waals surface area contributed by atoms with Crippen LogP contribution in [-0.4, -0.2) is 45.2 Å². The Morgan fingerprint density at radius 1 is 1.23 bits per heavy atom. The lowest BCUT2D eigenvalue weighted by Crippen LogP contribution is -2.48. The number of amides is 1. The van der Waals surface area contributed by atoms with Crippen molar-refractivity contribution in [3.63, 3.8) is 0 Å². The van der Waals surface area contributed by atoms with E-state index in [0.29, 0.717) is 6.54 Å².